The summed E-state index contributed by atoms with van der Waals surface area (Å²) in [5.41, 5.74) is 2.57. The average molecular weight is 462 g/mol. The van der Waals surface area contributed by atoms with Gasteiger partial charge in [0.05, 0.1) is 10.4 Å². The molecule has 0 amide bonds. The molecule has 3 aromatic carbocycles. The number of hydrogen-bond acceptors (Lipinski definition) is 5. The smallest absolute Gasteiger partial charge is 0.143 e. The average Bonchev–Trinajstić information content (AvgIpc) is 3.17. The zero-order chi connectivity index (χ0) is 22.1. The fourth-order valence-corrected chi connectivity index (χ4v) is 4.79. The molecular weight excluding hydrogens is 445 g/mol. The van der Waals surface area contributed by atoms with E-state index in [9.17, 15) is 4.39 Å². The summed E-state index contributed by atoms with van der Waals surface area (Å²) in [5.74, 6) is 0.930. The number of fused-ring (bicyclic) bond motifs is 3. The number of thiophene rings is 1. The maximum atomic E-state index is 13.4. The van der Waals surface area contributed by atoms with Crippen LogP contribution >= 0.6 is 22.9 Å². The lowest BCUT2D eigenvalue weighted by atomic mass is 10.1. The van der Waals surface area contributed by atoms with Crippen LogP contribution in [0.1, 0.15) is 11.1 Å². The summed E-state index contributed by atoms with van der Waals surface area (Å²) in [4.78, 5) is 9.80. The largest absolute Gasteiger partial charge is 0.487 e. The predicted molar refractivity (Wildman–Crippen MR) is 130 cm³/mol. The highest BCUT2D eigenvalue weighted by Crippen LogP contribution is 2.38. The molecule has 5 aromatic rings. The van der Waals surface area contributed by atoms with Gasteiger partial charge in [-0.1, -0.05) is 48.5 Å². The predicted octanol–water partition coefficient (Wildman–Crippen LogP) is 7.60. The lowest BCUT2D eigenvalue weighted by Gasteiger charge is -2.11. The summed E-state index contributed by atoms with van der Waals surface area (Å²) in [5, 5.41) is 5.84. The topological polar surface area (TPSA) is 47.0 Å². The molecule has 0 bridgehead atoms. The van der Waals surface area contributed by atoms with E-state index in [1.165, 1.54) is 12.1 Å². The highest BCUT2D eigenvalue weighted by Gasteiger charge is 2.13. The second-order valence-electron chi connectivity index (χ2n) is 7.15. The number of nitrogens with zero attached hydrogens (tertiary/aromatic N) is 2. The molecule has 0 spiro atoms. The number of rotatable bonds is 6. The second kappa shape index (κ2) is 8.57. The van der Waals surface area contributed by atoms with Crippen LogP contribution in [0.5, 0.6) is 5.75 Å². The lowest BCUT2D eigenvalue weighted by Crippen LogP contribution is -1.98. The molecule has 0 aliphatic heterocycles. The fraction of sp³-hybridized carbons (Fsp3) is 0.0400. The van der Waals surface area contributed by atoms with E-state index < -0.39 is 0 Å². The number of ether oxygens (including phenoxy) is 1. The van der Waals surface area contributed by atoms with Crippen molar-refractivity contribution in [3.8, 4) is 5.75 Å². The first kappa shape index (κ1) is 20.4. The molecule has 0 unspecified atom stereocenters. The van der Waals surface area contributed by atoms with Gasteiger partial charge in [-0.2, -0.15) is 0 Å². The van der Waals surface area contributed by atoms with Crippen molar-refractivity contribution in [3.63, 3.8) is 0 Å². The van der Waals surface area contributed by atoms with Crippen molar-refractivity contribution in [3.05, 3.63) is 95.5 Å². The third-order valence-electron chi connectivity index (χ3n) is 5.01. The van der Waals surface area contributed by atoms with Gasteiger partial charge in [-0.05, 0) is 47.5 Å². The van der Waals surface area contributed by atoms with Crippen LogP contribution in [-0.4, -0.2) is 9.97 Å². The van der Waals surface area contributed by atoms with E-state index in [4.69, 9.17) is 16.3 Å². The minimum absolute atomic E-state index is 0.227. The number of anilines is 2. The van der Waals surface area contributed by atoms with E-state index in [1.807, 2.05) is 18.2 Å². The zero-order valence-electron chi connectivity index (χ0n) is 16.8. The van der Waals surface area contributed by atoms with Gasteiger partial charge in [-0.15, -0.1) is 11.3 Å². The quantitative estimate of drug-likeness (QED) is 0.283. The van der Waals surface area contributed by atoms with Crippen molar-refractivity contribution in [1.29, 1.82) is 0 Å². The Balaban J connectivity index is 1.41. The second-order valence-corrected chi connectivity index (χ2v) is 8.59. The van der Waals surface area contributed by atoms with Crippen LogP contribution < -0.4 is 10.1 Å². The van der Waals surface area contributed by atoms with E-state index in [-0.39, 0.29) is 12.4 Å². The molecule has 4 nitrogen and oxygen atoms in total. The Hall–Kier alpha value is -3.48. The normalized spacial score (nSPS) is 11.1. The van der Waals surface area contributed by atoms with Gasteiger partial charge in [0.1, 0.15) is 35.1 Å². The Labute approximate surface area is 193 Å². The van der Waals surface area contributed by atoms with Crippen molar-refractivity contribution in [1.82, 2.24) is 9.97 Å². The highest BCUT2D eigenvalue weighted by atomic mass is 35.5. The molecular formula is C25H17ClFN3OS. The van der Waals surface area contributed by atoms with Crippen LogP contribution in [0.15, 0.2) is 73.6 Å². The van der Waals surface area contributed by atoms with Crippen molar-refractivity contribution < 1.29 is 9.13 Å². The van der Waals surface area contributed by atoms with Crippen molar-refractivity contribution in [2.45, 2.75) is 6.61 Å². The van der Waals surface area contributed by atoms with E-state index in [1.54, 1.807) is 41.9 Å². The van der Waals surface area contributed by atoms with Crippen LogP contribution in [0.25, 0.3) is 26.4 Å². The van der Waals surface area contributed by atoms with Gasteiger partial charge < -0.3 is 10.1 Å². The van der Waals surface area contributed by atoms with Crippen LogP contribution in [0.2, 0.25) is 5.02 Å². The fourth-order valence-electron chi connectivity index (χ4n) is 3.47. The summed E-state index contributed by atoms with van der Waals surface area (Å²) in [6.07, 6.45) is 3.38. The van der Waals surface area contributed by atoms with E-state index in [2.05, 4.69) is 34.0 Å². The first-order chi connectivity index (χ1) is 15.6. The molecule has 0 radical (unpaired) electrons. The Morgan fingerprint density at radius 2 is 2.00 bits per heavy atom. The first-order valence-electron chi connectivity index (χ1n) is 9.84. The number of nitrogens with one attached hydrogen (secondary N) is 1. The Morgan fingerprint density at radius 1 is 1.09 bits per heavy atom. The molecule has 0 aliphatic carbocycles. The Morgan fingerprint density at radius 3 is 2.81 bits per heavy atom. The molecule has 0 atom stereocenters. The van der Waals surface area contributed by atoms with Crippen LogP contribution in [0.3, 0.4) is 0 Å². The monoisotopic (exact) mass is 461 g/mol. The summed E-state index contributed by atoms with van der Waals surface area (Å²) in [6.45, 7) is 4.07. The number of hydrogen-bond donors (Lipinski definition) is 1. The molecule has 7 heteroatoms. The summed E-state index contributed by atoms with van der Waals surface area (Å²) >= 11 is 8.05. The van der Waals surface area contributed by atoms with Crippen LogP contribution in [0.4, 0.5) is 15.9 Å². The van der Waals surface area contributed by atoms with Gasteiger partial charge >= 0.3 is 0 Å². The SMILES string of the molecule is C=Cc1ccc2c(c1)sc1ncnc(Nc3ccc(OCc4cccc(F)c4)c(Cl)c3)c12. The number of aromatic nitrogens is 2. The van der Waals surface area contributed by atoms with Gasteiger partial charge in [0, 0.05) is 15.8 Å². The lowest BCUT2D eigenvalue weighted by molar-refractivity contribution is 0.306. The molecule has 0 saturated heterocycles. The van der Waals surface area contributed by atoms with E-state index >= 15 is 0 Å². The van der Waals surface area contributed by atoms with Gasteiger partial charge in [-0.25, -0.2) is 14.4 Å². The molecule has 32 heavy (non-hydrogen) atoms. The van der Waals surface area contributed by atoms with Crippen LogP contribution in [-0.2, 0) is 6.61 Å². The first-order valence-corrected chi connectivity index (χ1v) is 11.0. The Kier molecular flexibility index (Phi) is 5.47. The standard InChI is InChI=1S/C25H17ClFN3OS/c1-2-15-6-8-19-22(11-15)32-25-23(19)24(28-14-29-25)30-18-7-9-21(20(26)12-18)31-13-16-4-3-5-17(27)10-16/h2-12,14H,1,13H2,(H,28,29,30). The van der Waals surface area contributed by atoms with Crippen molar-refractivity contribution in [2.24, 2.45) is 0 Å². The third kappa shape index (κ3) is 4.02. The summed E-state index contributed by atoms with van der Waals surface area (Å²) in [7, 11) is 0. The van der Waals surface area contributed by atoms with Gasteiger partial charge in [0.25, 0.3) is 0 Å². The molecule has 2 aromatic heterocycles. The molecule has 0 saturated carbocycles. The van der Waals surface area contributed by atoms with Gasteiger partial charge in [-0.3, -0.25) is 0 Å². The summed E-state index contributed by atoms with van der Waals surface area (Å²) in [6, 6.07) is 17.9. The summed E-state index contributed by atoms with van der Waals surface area (Å²) < 4.78 is 20.2. The van der Waals surface area contributed by atoms with E-state index in [0.717, 1.165) is 37.1 Å². The van der Waals surface area contributed by atoms with Gasteiger partial charge in [0.15, 0.2) is 0 Å². The molecule has 0 fully saturated rings. The van der Waals surface area contributed by atoms with Crippen LogP contribution in [0, 0.1) is 5.82 Å². The minimum Gasteiger partial charge on any atom is -0.487 e. The molecule has 158 valence electrons. The molecule has 1 N–H and O–H groups in total. The van der Waals surface area contributed by atoms with Crippen molar-refractivity contribution in [2.75, 3.05) is 5.32 Å². The van der Waals surface area contributed by atoms with Gasteiger partial charge in [0.2, 0.25) is 0 Å². The molecule has 5 rings (SSSR count). The highest BCUT2D eigenvalue weighted by molar-refractivity contribution is 7.25. The maximum Gasteiger partial charge on any atom is 0.143 e. The maximum absolute atomic E-state index is 13.4. The zero-order valence-corrected chi connectivity index (χ0v) is 18.4. The molecule has 2 heterocycles. The third-order valence-corrected chi connectivity index (χ3v) is 6.36. The minimum atomic E-state index is -0.297. The number of halogens is 2. The molecule has 0 aliphatic rings. The number of benzene rings is 3. The van der Waals surface area contributed by atoms with E-state index in [0.29, 0.717) is 16.6 Å². The van der Waals surface area contributed by atoms with Crippen molar-refractivity contribution >= 4 is 60.8 Å². The Bertz CT molecular complexity index is 1470.